The van der Waals surface area contributed by atoms with Gasteiger partial charge < -0.3 is 9.47 Å². The van der Waals surface area contributed by atoms with Crippen molar-refractivity contribution in [3.05, 3.63) is 65.9 Å². The minimum Gasteiger partial charge on any atom is -0.494 e. The number of fused-ring (bicyclic) bond motifs is 1. The van der Waals surface area contributed by atoms with E-state index in [9.17, 15) is 9.59 Å². The molecule has 1 atom stereocenters. The Balaban J connectivity index is 2.22. The van der Waals surface area contributed by atoms with Crippen molar-refractivity contribution in [1.82, 2.24) is 4.57 Å². The van der Waals surface area contributed by atoms with Crippen molar-refractivity contribution < 1.29 is 19.1 Å². The molecule has 134 valence electrons. The van der Waals surface area contributed by atoms with Gasteiger partial charge in [-0.2, -0.15) is 5.11 Å². The third kappa shape index (κ3) is 3.33. The molecule has 2 radical (unpaired) electrons. The first-order valence-corrected chi connectivity index (χ1v) is 8.08. The molecule has 0 bridgehead atoms. The number of hydrogen-bond donors (Lipinski definition) is 0. The van der Waals surface area contributed by atoms with Crippen LogP contribution >= 0.6 is 0 Å². The van der Waals surface area contributed by atoms with Gasteiger partial charge in [-0.15, -0.1) is 0 Å². The molecule has 0 saturated heterocycles. The van der Waals surface area contributed by atoms with E-state index in [-0.39, 0.29) is 5.91 Å². The van der Waals surface area contributed by atoms with E-state index in [4.69, 9.17) is 17.5 Å². The number of aromatic nitrogens is 1. The average Bonchev–Trinajstić information content (AvgIpc) is 3.15. The lowest BCUT2D eigenvalue weighted by Crippen LogP contribution is -2.15. The molecule has 0 aliphatic carbocycles. The summed E-state index contributed by atoms with van der Waals surface area (Å²) in [6, 6.07) is 13.0. The van der Waals surface area contributed by atoms with Crippen molar-refractivity contribution in [2.75, 3.05) is 14.2 Å². The van der Waals surface area contributed by atoms with Gasteiger partial charge in [-0.25, -0.2) is 4.79 Å². The summed E-state index contributed by atoms with van der Waals surface area (Å²) < 4.78 is 11.8. The van der Waals surface area contributed by atoms with Gasteiger partial charge in [-0.05, 0) is 18.2 Å². The molecule has 27 heavy (non-hydrogen) atoms. The van der Waals surface area contributed by atoms with Crippen molar-refractivity contribution in [3.63, 3.8) is 0 Å². The number of hydrogen-bond acceptors (Lipinski definition) is 6. The highest BCUT2D eigenvalue weighted by molar-refractivity contribution is 6.05. The van der Waals surface area contributed by atoms with E-state index in [0.29, 0.717) is 22.4 Å². The highest BCUT2D eigenvalue weighted by Gasteiger charge is 2.27. The molecule has 1 heterocycles. The fourth-order valence-corrected chi connectivity index (χ4v) is 2.95. The lowest BCUT2D eigenvalue weighted by molar-refractivity contribution is -0.142. The predicted octanol–water partition coefficient (Wildman–Crippen LogP) is 3.09. The highest BCUT2D eigenvalue weighted by atomic mass is 16.5. The number of ether oxygens (including phenoxy) is 2. The van der Waals surface area contributed by atoms with Gasteiger partial charge in [0, 0.05) is 22.7 Å². The summed E-state index contributed by atoms with van der Waals surface area (Å²) in [5.74, 6) is -0.546. The second-order valence-electron chi connectivity index (χ2n) is 5.64. The van der Waals surface area contributed by atoms with Gasteiger partial charge in [-0.3, -0.25) is 14.4 Å². The second-order valence-corrected chi connectivity index (χ2v) is 5.64. The van der Waals surface area contributed by atoms with Crippen LogP contribution in [-0.4, -0.2) is 38.6 Å². The van der Waals surface area contributed by atoms with Gasteiger partial charge in [0.2, 0.25) is 0 Å². The summed E-state index contributed by atoms with van der Waals surface area (Å²) in [6.45, 7) is 0. The van der Waals surface area contributed by atoms with Crippen LogP contribution in [0.4, 0.5) is 0 Å². The minimum absolute atomic E-state index is 0.226. The second kappa shape index (κ2) is 7.86. The normalized spacial score (nSPS) is 12.2. The van der Waals surface area contributed by atoms with Crippen LogP contribution in [-0.2, 0) is 9.53 Å². The maximum atomic E-state index is 12.9. The number of methoxy groups -OCH3 is 2. The Hall–Kier alpha value is -3.42. The number of carbonyl (C=O) groups is 2. The first kappa shape index (κ1) is 18.4. The van der Waals surface area contributed by atoms with Gasteiger partial charge >= 0.3 is 5.97 Å². The molecule has 0 amide bonds. The summed E-state index contributed by atoms with van der Waals surface area (Å²) in [7, 11) is 7.85. The van der Waals surface area contributed by atoms with E-state index in [1.165, 1.54) is 18.8 Å². The van der Waals surface area contributed by atoms with Crippen LogP contribution in [0, 0.1) is 0 Å². The summed E-state index contributed by atoms with van der Waals surface area (Å²) in [6.07, 6.45) is 1.66. The molecule has 2 aromatic carbocycles. The number of esters is 1. The molecule has 3 aromatic rings. The number of rotatable bonds is 5. The molecule has 0 spiro atoms. The SMILES string of the molecule is [B]N=NC(C(=O)OC)c1ccc2ccn(C(=O)c3ccccc3)c2c1OC. The van der Waals surface area contributed by atoms with Crippen LogP contribution < -0.4 is 4.74 Å². The lowest BCUT2D eigenvalue weighted by atomic mass is 10.0. The van der Waals surface area contributed by atoms with Crippen LogP contribution in [0.1, 0.15) is 22.0 Å². The molecule has 1 unspecified atom stereocenters. The Morgan fingerprint density at radius 3 is 2.44 bits per heavy atom. The molecule has 0 fully saturated rings. The number of carbonyl (C=O) groups excluding carboxylic acids is 2. The Morgan fingerprint density at radius 1 is 1.07 bits per heavy atom. The number of nitrogens with zero attached hydrogens (tertiary/aromatic N) is 3. The van der Waals surface area contributed by atoms with E-state index in [1.807, 2.05) is 6.07 Å². The van der Waals surface area contributed by atoms with Gasteiger partial charge in [-0.1, -0.05) is 30.3 Å². The Kier molecular flexibility index (Phi) is 5.35. The highest BCUT2D eigenvalue weighted by Crippen LogP contribution is 2.36. The minimum atomic E-state index is -1.10. The van der Waals surface area contributed by atoms with Crippen molar-refractivity contribution in [3.8, 4) is 5.75 Å². The quantitative estimate of drug-likeness (QED) is 0.397. The third-order valence-corrected chi connectivity index (χ3v) is 4.18. The zero-order valence-corrected chi connectivity index (χ0v) is 14.8. The monoisotopic (exact) mass is 361 g/mol. The van der Waals surface area contributed by atoms with E-state index in [1.54, 1.807) is 48.7 Å². The molecular formula is C19H16BN3O4. The standard InChI is InChI=1S/C19H16BN3O4/c1-26-17-14(15(21-22-20)19(25)27-2)9-8-12-10-11-23(16(12)17)18(24)13-6-4-3-5-7-13/h3-11,15H,1-2H3. The van der Waals surface area contributed by atoms with Crippen molar-refractivity contribution in [2.45, 2.75) is 6.04 Å². The summed E-state index contributed by atoms with van der Waals surface area (Å²) in [5.41, 5.74) is 1.44. The first-order valence-electron chi connectivity index (χ1n) is 8.08. The third-order valence-electron chi connectivity index (χ3n) is 4.18. The van der Waals surface area contributed by atoms with Gasteiger partial charge in [0.1, 0.15) is 5.75 Å². The largest absolute Gasteiger partial charge is 0.494 e. The van der Waals surface area contributed by atoms with Crippen molar-refractivity contribution in [1.29, 1.82) is 0 Å². The summed E-state index contributed by atoms with van der Waals surface area (Å²) in [5, 5.41) is 7.75. The molecule has 3 rings (SSSR count). The Morgan fingerprint density at radius 2 is 1.81 bits per heavy atom. The molecule has 0 aliphatic heterocycles. The van der Waals surface area contributed by atoms with E-state index in [2.05, 4.69) is 10.1 Å². The molecule has 0 N–H and O–H groups in total. The summed E-state index contributed by atoms with van der Waals surface area (Å²) >= 11 is 0. The van der Waals surface area contributed by atoms with E-state index >= 15 is 0 Å². The summed E-state index contributed by atoms with van der Waals surface area (Å²) in [4.78, 5) is 25.1. The molecule has 0 aliphatic rings. The molecule has 8 heteroatoms. The fraction of sp³-hybridized carbons (Fsp3) is 0.158. The van der Waals surface area contributed by atoms with Gasteiger partial charge in [0.25, 0.3) is 13.9 Å². The van der Waals surface area contributed by atoms with Gasteiger partial charge in [0.05, 0.1) is 19.7 Å². The predicted molar refractivity (Wildman–Crippen MR) is 100 cm³/mol. The van der Waals surface area contributed by atoms with E-state index in [0.717, 1.165) is 5.39 Å². The molecule has 7 nitrogen and oxygen atoms in total. The maximum absolute atomic E-state index is 12.9. The van der Waals surface area contributed by atoms with Crippen molar-refractivity contribution >= 4 is 30.8 Å². The zero-order chi connectivity index (χ0) is 19.4. The van der Waals surface area contributed by atoms with Crippen LogP contribution in [0.15, 0.2) is 64.9 Å². The topological polar surface area (TPSA) is 82.2 Å². The van der Waals surface area contributed by atoms with Crippen LogP contribution in [0.3, 0.4) is 0 Å². The smallest absolute Gasteiger partial charge is 0.337 e. The van der Waals surface area contributed by atoms with Gasteiger partial charge in [0.15, 0.2) is 6.04 Å². The molecular weight excluding hydrogens is 345 g/mol. The zero-order valence-electron chi connectivity index (χ0n) is 14.8. The Bertz CT molecular complexity index is 1010. The van der Waals surface area contributed by atoms with E-state index < -0.39 is 12.0 Å². The molecule has 1 aromatic heterocycles. The maximum Gasteiger partial charge on any atom is 0.337 e. The first-order chi connectivity index (χ1) is 13.1. The van der Waals surface area contributed by atoms with Crippen molar-refractivity contribution in [2.24, 2.45) is 10.1 Å². The average molecular weight is 361 g/mol. The lowest BCUT2D eigenvalue weighted by Gasteiger charge is -2.16. The molecule has 0 saturated carbocycles. The fourth-order valence-electron chi connectivity index (χ4n) is 2.95. The number of benzene rings is 2. The van der Waals surface area contributed by atoms with Crippen LogP contribution in [0.25, 0.3) is 10.9 Å². The Labute approximate surface area is 157 Å². The van der Waals surface area contributed by atoms with Crippen LogP contribution in [0.5, 0.6) is 5.75 Å². The van der Waals surface area contributed by atoms with Crippen LogP contribution in [0.2, 0.25) is 0 Å².